The Kier molecular flexibility index (Phi) is 3.41. The van der Waals surface area contributed by atoms with E-state index in [4.69, 9.17) is 0 Å². The van der Waals surface area contributed by atoms with Crippen LogP contribution in [0.1, 0.15) is 42.3 Å². The Hall–Kier alpha value is -0.300. The van der Waals surface area contributed by atoms with E-state index in [-0.39, 0.29) is 5.41 Å². The van der Waals surface area contributed by atoms with Crippen molar-refractivity contribution in [2.45, 2.75) is 39.4 Å². The molecule has 0 aromatic heterocycles. The van der Waals surface area contributed by atoms with Crippen molar-refractivity contribution < 1.29 is 0 Å². The highest BCUT2D eigenvalue weighted by atomic mass is 79.9. The van der Waals surface area contributed by atoms with Crippen molar-refractivity contribution in [3.8, 4) is 0 Å². The molecule has 0 bridgehead atoms. The average Bonchev–Trinajstić information content (AvgIpc) is 2.01. The SMILES string of the molecule is Cc1ccc(C(Br)C(C)(C)C)c(C)c1. The van der Waals surface area contributed by atoms with Gasteiger partial charge in [-0.1, -0.05) is 60.5 Å². The second-order valence-corrected chi connectivity index (χ2v) is 6.00. The topological polar surface area (TPSA) is 0 Å². The van der Waals surface area contributed by atoms with Crippen molar-refractivity contribution >= 4 is 15.9 Å². The van der Waals surface area contributed by atoms with E-state index >= 15 is 0 Å². The average molecular weight is 255 g/mol. The van der Waals surface area contributed by atoms with Crippen LogP contribution in [-0.4, -0.2) is 0 Å². The van der Waals surface area contributed by atoms with Crippen LogP contribution in [-0.2, 0) is 0 Å². The lowest BCUT2D eigenvalue weighted by atomic mass is 9.86. The van der Waals surface area contributed by atoms with Gasteiger partial charge in [-0.15, -0.1) is 0 Å². The molecular formula is C13H19Br. The fraction of sp³-hybridized carbons (Fsp3) is 0.538. The van der Waals surface area contributed by atoms with Gasteiger partial charge in [-0.05, 0) is 30.4 Å². The Morgan fingerprint density at radius 2 is 1.71 bits per heavy atom. The van der Waals surface area contributed by atoms with Crippen LogP contribution < -0.4 is 0 Å². The van der Waals surface area contributed by atoms with Gasteiger partial charge in [-0.3, -0.25) is 0 Å². The molecule has 1 unspecified atom stereocenters. The minimum absolute atomic E-state index is 0.264. The van der Waals surface area contributed by atoms with Crippen molar-refractivity contribution in [1.29, 1.82) is 0 Å². The molecule has 0 heterocycles. The van der Waals surface area contributed by atoms with E-state index in [1.807, 2.05) is 0 Å². The Morgan fingerprint density at radius 3 is 2.14 bits per heavy atom. The molecule has 0 fully saturated rings. The van der Waals surface area contributed by atoms with Crippen LogP contribution in [0.5, 0.6) is 0 Å². The Morgan fingerprint density at radius 1 is 1.14 bits per heavy atom. The Labute approximate surface area is 95.9 Å². The molecule has 0 N–H and O–H groups in total. The third-order valence-electron chi connectivity index (χ3n) is 2.46. The molecule has 0 radical (unpaired) electrons. The van der Waals surface area contributed by atoms with Crippen molar-refractivity contribution in [2.24, 2.45) is 5.41 Å². The Balaban J connectivity index is 3.08. The van der Waals surface area contributed by atoms with Gasteiger partial charge in [0.2, 0.25) is 0 Å². The first-order valence-corrected chi connectivity index (χ1v) is 5.95. The van der Waals surface area contributed by atoms with Gasteiger partial charge in [0.05, 0.1) is 0 Å². The molecule has 1 heteroatoms. The zero-order valence-electron chi connectivity index (χ0n) is 9.69. The maximum atomic E-state index is 3.78. The summed E-state index contributed by atoms with van der Waals surface area (Å²) in [6.07, 6.45) is 0. The fourth-order valence-corrected chi connectivity index (χ4v) is 2.09. The van der Waals surface area contributed by atoms with Gasteiger partial charge in [0.1, 0.15) is 0 Å². The van der Waals surface area contributed by atoms with E-state index in [1.54, 1.807) is 0 Å². The molecule has 1 aromatic rings. The lowest BCUT2D eigenvalue weighted by Crippen LogP contribution is -2.13. The van der Waals surface area contributed by atoms with Crippen LogP contribution in [0.2, 0.25) is 0 Å². The van der Waals surface area contributed by atoms with E-state index in [0.717, 1.165) is 0 Å². The zero-order chi connectivity index (χ0) is 10.9. The summed E-state index contributed by atoms with van der Waals surface area (Å²) in [6, 6.07) is 6.66. The number of rotatable bonds is 1. The molecule has 14 heavy (non-hydrogen) atoms. The first-order valence-electron chi connectivity index (χ1n) is 5.03. The smallest absolute Gasteiger partial charge is 0.0446 e. The summed E-state index contributed by atoms with van der Waals surface area (Å²) < 4.78 is 0. The molecule has 1 atom stereocenters. The minimum atomic E-state index is 0.264. The third-order valence-corrected chi connectivity index (χ3v) is 4.33. The van der Waals surface area contributed by atoms with Crippen molar-refractivity contribution in [3.63, 3.8) is 0 Å². The number of benzene rings is 1. The van der Waals surface area contributed by atoms with Gasteiger partial charge in [0, 0.05) is 4.83 Å². The molecule has 0 saturated heterocycles. The maximum absolute atomic E-state index is 3.78. The maximum Gasteiger partial charge on any atom is 0.0446 e. The van der Waals surface area contributed by atoms with Gasteiger partial charge in [-0.2, -0.15) is 0 Å². The molecular weight excluding hydrogens is 236 g/mol. The number of halogens is 1. The van der Waals surface area contributed by atoms with Gasteiger partial charge < -0.3 is 0 Å². The molecule has 0 aliphatic heterocycles. The van der Waals surface area contributed by atoms with Gasteiger partial charge >= 0.3 is 0 Å². The van der Waals surface area contributed by atoms with Crippen molar-refractivity contribution in [3.05, 3.63) is 34.9 Å². The predicted molar refractivity (Wildman–Crippen MR) is 67.0 cm³/mol. The molecule has 78 valence electrons. The monoisotopic (exact) mass is 254 g/mol. The first-order chi connectivity index (χ1) is 6.32. The summed E-state index contributed by atoms with van der Waals surface area (Å²) in [5, 5.41) is 0. The minimum Gasteiger partial charge on any atom is -0.0833 e. The zero-order valence-corrected chi connectivity index (χ0v) is 11.3. The van der Waals surface area contributed by atoms with E-state index in [2.05, 4.69) is 68.7 Å². The number of alkyl halides is 1. The third kappa shape index (κ3) is 2.60. The van der Waals surface area contributed by atoms with E-state index in [9.17, 15) is 0 Å². The number of aryl methyl sites for hydroxylation is 2. The highest BCUT2D eigenvalue weighted by Gasteiger charge is 2.24. The molecule has 0 aliphatic carbocycles. The van der Waals surface area contributed by atoms with E-state index in [1.165, 1.54) is 16.7 Å². The second kappa shape index (κ2) is 4.06. The second-order valence-electron chi connectivity index (χ2n) is 5.09. The molecule has 0 spiro atoms. The summed E-state index contributed by atoms with van der Waals surface area (Å²) >= 11 is 3.78. The highest BCUT2D eigenvalue weighted by molar-refractivity contribution is 9.09. The summed E-state index contributed by atoms with van der Waals surface area (Å²) in [7, 11) is 0. The van der Waals surface area contributed by atoms with Crippen LogP contribution in [0.15, 0.2) is 18.2 Å². The van der Waals surface area contributed by atoms with Crippen molar-refractivity contribution in [1.82, 2.24) is 0 Å². The van der Waals surface area contributed by atoms with Gasteiger partial charge in [0.25, 0.3) is 0 Å². The lowest BCUT2D eigenvalue weighted by Gasteiger charge is -2.27. The number of hydrogen-bond acceptors (Lipinski definition) is 0. The molecule has 0 nitrogen and oxygen atoms in total. The summed E-state index contributed by atoms with van der Waals surface area (Å²) in [4.78, 5) is 0.426. The fourth-order valence-electron chi connectivity index (χ4n) is 1.58. The van der Waals surface area contributed by atoms with Crippen LogP contribution in [0.4, 0.5) is 0 Å². The normalized spacial score (nSPS) is 14.1. The van der Waals surface area contributed by atoms with E-state index in [0.29, 0.717) is 4.83 Å². The number of hydrogen-bond donors (Lipinski definition) is 0. The quantitative estimate of drug-likeness (QED) is 0.633. The standard InChI is InChI=1S/C13H19Br/c1-9-6-7-11(10(2)8-9)12(14)13(3,4)5/h6-8,12H,1-5H3. The van der Waals surface area contributed by atoms with Crippen LogP contribution in [0.3, 0.4) is 0 Å². The van der Waals surface area contributed by atoms with Gasteiger partial charge in [0.15, 0.2) is 0 Å². The van der Waals surface area contributed by atoms with E-state index < -0.39 is 0 Å². The highest BCUT2D eigenvalue weighted by Crippen LogP contribution is 2.41. The van der Waals surface area contributed by atoms with Gasteiger partial charge in [-0.25, -0.2) is 0 Å². The van der Waals surface area contributed by atoms with Crippen molar-refractivity contribution in [2.75, 3.05) is 0 Å². The molecule has 0 saturated carbocycles. The van der Waals surface area contributed by atoms with Crippen LogP contribution >= 0.6 is 15.9 Å². The molecule has 1 rings (SSSR count). The molecule has 1 aromatic carbocycles. The first kappa shape index (κ1) is 11.8. The summed E-state index contributed by atoms with van der Waals surface area (Å²) in [5.41, 5.74) is 4.38. The van der Waals surface area contributed by atoms with Crippen LogP contribution in [0.25, 0.3) is 0 Å². The molecule has 0 amide bonds. The summed E-state index contributed by atoms with van der Waals surface area (Å²) in [6.45, 7) is 11.1. The largest absolute Gasteiger partial charge is 0.0833 e. The predicted octanol–water partition coefficient (Wildman–Crippen LogP) is 4.79. The lowest BCUT2D eigenvalue weighted by molar-refractivity contribution is 0.406. The Bertz CT molecular complexity index is 320. The van der Waals surface area contributed by atoms with Crippen LogP contribution in [0, 0.1) is 19.3 Å². The molecule has 0 aliphatic rings. The summed E-state index contributed by atoms with van der Waals surface area (Å²) in [5.74, 6) is 0.